The fraction of sp³-hybridized carbons (Fsp3) is 0.200. The van der Waals surface area contributed by atoms with Crippen molar-refractivity contribution in [3.05, 3.63) is 36.2 Å². The summed E-state index contributed by atoms with van der Waals surface area (Å²) in [5, 5.41) is 16.2. The van der Waals surface area contributed by atoms with E-state index in [1.807, 2.05) is 24.3 Å². The minimum Gasteiger partial charge on any atom is -0.423 e. The summed E-state index contributed by atoms with van der Waals surface area (Å²) < 4.78 is 5.07. The van der Waals surface area contributed by atoms with Crippen LogP contribution in [-0.4, -0.2) is 21.9 Å². The summed E-state index contributed by atoms with van der Waals surface area (Å²) in [6.07, 6.45) is 1.94. The molecule has 1 aromatic heterocycles. The predicted octanol–water partition coefficient (Wildman–Crippen LogP) is 1.27. The van der Waals surface area contributed by atoms with Gasteiger partial charge in [0.1, 0.15) is 0 Å². The molecule has 14 heavy (non-hydrogen) atoms. The lowest BCUT2D eigenvalue weighted by atomic mass is 10.1. The van der Waals surface area contributed by atoms with Gasteiger partial charge in [-0.2, -0.15) is 0 Å². The Balaban J connectivity index is 2.31. The molecule has 0 aliphatic carbocycles. The molecule has 4 heteroatoms. The molecule has 4 nitrogen and oxygen atoms in total. The van der Waals surface area contributed by atoms with E-state index in [4.69, 9.17) is 9.52 Å². The van der Waals surface area contributed by atoms with Gasteiger partial charge in [-0.3, -0.25) is 0 Å². The second-order valence-electron chi connectivity index (χ2n) is 2.92. The molecule has 2 rings (SSSR count). The number of rotatable bonds is 3. The van der Waals surface area contributed by atoms with E-state index in [9.17, 15) is 0 Å². The standard InChI is InChI=1S/C10H10N2O2/c13-5-4-8-2-1-3-9(6-8)10-12-11-7-14-10/h1-3,6-7,13H,4-5H2. The molecule has 0 fully saturated rings. The third-order valence-corrected chi connectivity index (χ3v) is 1.93. The average molecular weight is 190 g/mol. The van der Waals surface area contributed by atoms with E-state index in [1.165, 1.54) is 6.39 Å². The smallest absolute Gasteiger partial charge is 0.247 e. The Morgan fingerprint density at radius 1 is 1.36 bits per heavy atom. The van der Waals surface area contributed by atoms with Gasteiger partial charge in [-0.1, -0.05) is 12.1 Å². The van der Waals surface area contributed by atoms with Crippen LogP contribution in [0.1, 0.15) is 5.56 Å². The van der Waals surface area contributed by atoms with Crippen molar-refractivity contribution in [3.63, 3.8) is 0 Å². The SMILES string of the molecule is OCCc1cccc(-c2nnco2)c1. The van der Waals surface area contributed by atoms with Crippen LogP contribution >= 0.6 is 0 Å². The Labute approximate surface area is 81.2 Å². The summed E-state index contributed by atoms with van der Waals surface area (Å²) in [4.78, 5) is 0. The zero-order chi connectivity index (χ0) is 9.80. The van der Waals surface area contributed by atoms with E-state index in [-0.39, 0.29) is 6.61 Å². The number of aliphatic hydroxyl groups is 1. The van der Waals surface area contributed by atoms with Gasteiger partial charge in [-0.25, -0.2) is 0 Å². The first-order chi connectivity index (χ1) is 6.90. The van der Waals surface area contributed by atoms with Crippen LogP contribution in [-0.2, 0) is 6.42 Å². The molecular formula is C10H10N2O2. The van der Waals surface area contributed by atoms with Gasteiger partial charge in [0.25, 0.3) is 0 Å². The summed E-state index contributed by atoms with van der Waals surface area (Å²) in [6.45, 7) is 0.146. The van der Waals surface area contributed by atoms with E-state index >= 15 is 0 Å². The Morgan fingerprint density at radius 3 is 3.00 bits per heavy atom. The lowest BCUT2D eigenvalue weighted by Gasteiger charge is -1.99. The fourth-order valence-electron chi connectivity index (χ4n) is 1.29. The Hall–Kier alpha value is -1.68. The monoisotopic (exact) mass is 190 g/mol. The zero-order valence-corrected chi connectivity index (χ0v) is 7.55. The lowest BCUT2D eigenvalue weighted by Crippen LogP contribution is -1.90. The van der Waals surface area contributed by atoms with Crippen molar-refractivity contribution in [2.24, 2.45) is 0 Å². The van der Waals surface area contributed by atoms with E-state index in [0.717, 1.165) is 11.1 Å². The minimum atomic E-state index is 0.146. The summed E-state index contributed by atoms with van der Waals surface area (Å²) >= 11 is 0. The molecule has 0 unspecified atom stereocenters. The molecule has 2 aromatic rings. The van der Waals surface area contributed by atoms with Gasteiger partial charge in [-0.05, 0) is 24.1 Å². The highest BCUT2D eigenvalue weighted by Gasteiger charge is 2.03. The molecule has 0 aliphatic heterocycles. The Bertz CT molecular complexity index is 398. The van der Waals surface area contributed by atoms with Crippen molar-refractivity contribution in [3.8, 4) is 11.5 Å². The van der Waals surface area contributed by atoms with Gasteiger partial charge in [0, 0.05) is 12.2 Å². The highest BCUT2D eigenvalue weighted by atomic mass is 16.4. The topological polar surface area (TPSA) is 59.2 Å². The van der Waals surface area contributed by atoms with E-state index in [1.54, 1.807) is 0 Å². The first-order valence-electron chi connectivity index (χ1n) is 4.36. The van der Waals surface area contributed by atoms with Crippen LogP contribution in [0.5, 0.6) is 0 Å². The second-order valence-corrected chi connectivity index (χ2v) is 2.92. The predicted molar refractivity (Wildman–Crippen MR) is 50.5 cm³/mol. The number of nitrogens with zero attached hydrogens (tertiary/aromatic N) is 2. The summed E-state index contributed by atoms with van der Waals surface area (Å²) in [7, 11) is 0. The normalized spacial score (nSPS) is 10.4. The van der Waals surface area contributed by atoms with Crippen LogP contribution < -0.4 is 0 Å². The average Bonchev–Trinajstić information content (AvgIpc) is 2.71. The second kappa shape index (κ2) is 4.02. The first kappa shape index (κ1) is 8.90. The van der Waals surface area contributed by atoms with Crippen molar-refractivity contribution < 1.29 is 9.52 Å². The maximum atomic E-state index is 8.79. The van der Waals surface area contributed by atoms with Crippen LogP contribution in [0.4, 0.5) is 0 Å². The quantitative estimate of drug-likeness (QED) is 0.791. The number of aliphatic hydroxyl groups excluding tert-OH is 1. The van der Waals surface area contributed by atoms with Gasteiger partial charge in [0.05, 0.1) is 0 Å². The van der Waals surface area contributed by atoms with E-state index in [2.05, 4.69) is 10.2 Å². The van der Waals surface area contributed by atoms with Crippen molar-refractivity contribution in [1.82, 2.24) is 10.2 Å². The van der Waals surface area contributed by atoms with Crippen LogP contribution in [0.3, 0.4) is 0 Å². The van der Waals surface area contributed by atoms with Crippen molar-refractivity contribution in [1.29, 1.82) is 0 Å². The first-order valence-corrected chi connectivity index (χ1v) is 4.36. The maximum Gasteiger partial charge on any atom is 0.247 e. The number of aromatic nitrogens is 2. The van der Waals surface area contributed by atoms with Crippen LogP contribution in [0.2, 0.25) is 0 Å². The Kier molecular flexibility index (Phi) is 2.55. The number of hydrogen-bond donors (Lipinski definition) is 1. The molecule has 1 N–H and O–H groups in total. The Morgan fingerprint density at radius 2 is 2.29 bits per heavy atom. The lowest BCUT2D eigenvalue weighted by molar-refractivity contribution is 0.299. The molecular weight excluding hydrogens is 180 g/mol. The van der Waals surface area contributed by atoms with Gasteiger partial charge in [0.15, 0.2) is 0 Å². The molecule has 72 valence electrons. The largest absolute Gasteiger partial charge is 0.423 e. The van der Waals surface area contributed by atoms with Gasteiger partial charge in [-0.15, -0.1) is 10.2 Å². The van der Waals surface area contributed by atoms with Gasteiger partial charge in [0.2, 0.25) is 12.3 Å². The van der Waals surface area contributed by atoms with Gasteiger partial charge >= 0.3 is 0 Å². The molecule has 0 radical (unpaired) electrons. The summed E-state index contributed by atoms with van der Waals surface area (Å²) in [5.41, 5.74) is 1.94. The van der Waals surface area contributed by atoms with Crippen LogP contribution in [0.15, 0.2) is 35.1 Å². The van der Waals surface area contributed by atoms with E-state index < -0.39 is 0 Å². The van der Waals surface area contributed by atoms with Crippen LogP contribution in [0.25, 0.3) is 11.5 Å². The highest BCUT2D eigenvalue weighted by Crippen LogP contribution is 2.17. The molecule has 0 atom stereocenters. The van der Waals surface area contributed by atoms with E-state index in [0.29, 0.717) is 12.3 Å². The molecule has 0 amide bonds. The molecule has 0 spiro atoms. The van der Waals surface area contributed by atoms with Crippen molar-refractivity contribution >= 4 is 0 Å². The van der Waals surface area contributed by atoms with Crippen molar-refractivity contribution in [2.45, 2.75) is 6.42 Å². The molecule has 0 aliphatic rings. The summed E-state index contributed by atoms with van der Waals surface area (Å²) in [6, 6.07) is 7.69. The molecule has 1 aromatic carbocycles. The van der Waals surface area contributed by atoms with Gasteiger partial charge < -0.3 is 9.52 Å². The number of benzene rings is 1. The maximum absolute atomic E-state index is 8.79. The minimum absolute atomic E-state index is 0.146. The molecule has 1 heterocycles. The fourth-order valence-corrected chi connectivity index (χ4v) is 1.29. The third kappa shape index (κ3) is 1.80. The molecule has 0 saturated carbocycles. The van der Waals surface area contributed by atoms with Crippen molar-refractivity contribution in [2.75, 3.05) is 6.61 Å². The van der Waals surface area contributed by atoms with Crippen LogP contribution in [0, 0.1) is 0 Å². The number of hydrogen-bond acceptors (Lipinski definition) is 4. The third-order valence-electron chi connectivity index (χ3n) is 1.93. The molecule has 0 bridgehead atoms. The zero-order valence-electron chi connectivity index (χ0n) is 7.55. The molecule has 0 saturated heterocycles. The highest BCUT2D eigenvalue weighted by molar-refractivity contribution is 5.53. The summed E-state index contributed by atoms with van der Waals surface area (Å²) in [5.74, 6) is 0.504.